The number of furan rings is 2. The summed E-state index contributed by atoms with van der Waals surface area (Å²) >= 11 is 0. The number of rotatable bonds is 0. The van der Waals surface area contributed by atoms with Crippen LogP contribution in [0.3, 0.4) is 0 Å². The van der Waals surface area contributed by atoms with E-state index < -0.39 is 0 Å². The Labute approximate surface area is 279 Å². The molecule has 0 fully saturated rings. The number of benzene rings is 5. The highest BCUT2D eigenvalue weighted by Crippen LogP contribution is 2.43. The summed E-state index contributed by atoms with van der Waals surface area (Å²) in [5, 5.41) is 4.70. The Bertz CT molecular complexity index is 3170. The van der Waals surface area contributed by atoms with Crippen LogP contribution in [0.2, 0.25) is 0 Å². The summed E-state index contributed by atoms with van der Waals surface area (Å²) in [6.07, 6.45) is 0. The van der Waals surface area contributed by atoms with Gasteiger partial charge in [-0.3, -0.25) is 17.9 Å². The summed E-state index contributed by atoms with van der Waals surface area (Å²) in [5.41, 5.74) is 22.2. The highest BCUT2D eigenvalue weighted by atomic mass is 16.3. The highest BCUT2D eigenvalue weighted by Gasteiger charge is 2.47. The monoisotopic (exact) mass is 630 g/mol. The molecule has 230 valence electrons. The molecule has 2 aliphatic heterocycles. The van der Waals surface area contributed by atoms with Gasteiger partial charge >= 0.3 is 0 Å². The van der Waals surface area contributed by atoms with Gasteiger partial charge in [0.25, 0.3) is 6.71 Å². The fourth-order valence-electron chi connectivity index (χ4n) is 10.1. The van der Waals surface area contributed by atoms with Crippen LogP contribution in [0.25, 0.3) is 88.9 Å². The second-order valence-corrected chi connectivity index (χ2v) is 14.4. The fraction of sp³-hybridized carbons (Fsp3) is 0.0952. The zero-order valence-electron chi connectivity index (χ0n) is 27.3. The molecule has 5 aromatic carbocycles. The SMILES string of the molecule is Cc1cc(C)c2c(c1)n1c3oc4ccccc4c3c3c1n2-c1cccc2c1B3c1c3c4ccccc4oc3n3c4cc(C)cc(C)c4n-2c13. The van der Waals surface area contributed by atoms with Gasteiger partial charge in [-0.05, 0) is 103 Å². The minimum atomic E-state index is -0.0513. The number of nitrogens with zero attached hydrogens (tertiary/aromatic N) is 4. The third-order valence-electron chi connectivity index (χ3n) is 11.6. The van der Waals surface area contributed by atoms with Crippen molar-refractivity contribution in [3.05, 3.63) is 113 Å². The first-order valence-electron chi connectivity index (χ1n) is 17.1. The van der Waals surface area contributed by atoms with Gasteiger partial charge in [-0.2, -0.15) is 0 Å². The molecule has 8 heterocycles. The van der Waals surface area contributed by atoms with E-state index in [2.05, 4.69) is 137 Å². The molecule has 0 spiro atoms. The van der Waals surface area contributed by atoms with Crippen LogP contribution in [-0.2, 0) is 0 Å². The van der Waals surface area contributed by atoms with Gasteiger partial charge in [0.15, 0.2) is 0 Å². The predicted molar refractivity (Wildman–Crippen MR) is 200 cm³/mol. The molecule has 0 saturated carbocycles. The van der Waals surface area contributed by atoms with Crippen LogP contribution in [0.15, 0.2) is 99.8 Å². The summed E-state index contributed by atoms with van der Waals surface area (Å²) in [5.74, 6) is 0. The maximum absolute atomic E-state index is 6.88. The zero-order chi connectivity index (χ0) is 32.2. The number of para-hydroxylation sites is 2. The Morgan fingerprint density at radius 2 is 0.980 bits per heavy atom. The molecule has 0 radical (unpaired) electrons. The molecule has 0 N–H and O–H groups in total. The van der Waals surface area contributed by atoms with Crippen molar-refractivity contribution < 1.29 is 8.83 Å². The van der Waals surface area contributed by atoms with Crippen molar-refractivity contribution in [2.24, 2.45) is 0 Å². The average molecular weight is 631 g/mol. The van der Waals surface area contributed by atoms with Crippen LogP contribution in [-0.4, -0.2) is 24.6 Å². The maximum atomic E-state index is 6.88. The van der Waals surface area contributed by atoms with E-state index in [1.807, 2.05) is 0 Å². The van der Waals surface area contributed by atoms with Crippen molar-refractivity contribution in [1.82, 2.24) is 17.9 Å². The highest BCUT2D eigenvalue weighted by molar-refractivity contribution is 7.03. The van der Waals surface area contributed by atoms with Crippen molar-refractivity contribution in [1.29, 1.82) is 0 Å². The summed E-state index contributed by atoms with van der Waals surface area (Å²) in [4.78, 5) is 0. The summed E-state index contributed by atoms with van der Waals surface area (Å²) in [6, 6.07) is 33.3. The first kappa shape index (κ1) is 25.0. The molecule has 7 heteroatoms. The Morgan fingerprint density at radius 1 is 0.510 bits per heavy atom. The molecule has 0 atom stereocenters. The minimum Gasteiger partial charge on any atom is -0.439 e. The average Bonchev–Trinajstić information content (AvgIpc) is 3.90. The molecular weight excluding hydrogens is 603 g/mol. The Balaban J connectivity index is 1.38. The van der Waals surface area contributed by atoms with Crippen molar-refractivity contribution in [2.75, 3.05) is 0 Å². The van der Waals surface area contributed by atoms with Crippen LogP contribution in [0.4, 0.5) is 0 Å². The number of imidazole rings is 2. The van der Waals surface area contributed by atoms with Crippen LogP contribution < -0.4 is 16.4 Å². The Morgan fingerprint density at radius 3 is 1.47 bits per heavy atom. The van der Waals surface area contributed by atoms with Crippen molar-refractivity contribution in [3.8, 4) is 11.4 Å². The largest absolute Gasteiger partial charge is 0.439 e. The lowest BCUT2D eigenvalue weighted by Gasteiger charge is -2.31. The maximum Gasteiger partial charge on any atom is 0.258 e. The minimum absolute atomic E-state index is 0.0513. The van der Waals surface area contributed by atoms with Crippen LogP contribution in [0.1, 0.15) is 22.3 Å². The number of aryl methyl sites for hydroxylation is 4. The number of hydrogen-bond acceptors (Lipinski definition) is 2. The third kappa shape index (κ3) is 2.55. The number of hydrogen-bond donors (Lipinski definition) is 0. The molecule has 11 aromatic rings. The lowest BCUT2D eigenvalue weighted by atomic mass is 9.34. The van der Waals surface area contributed by atoms with E-state index in [0.717, 1.165) is 33.4 Å². The van der Waals surface area contributed by atoms with Gasteiger partial charge in [0, 0.05) is 32.9 Å². The van der Waals surface area contributed by atoms with E-state index in [0.29, 0.717) is 0 Å². The molecule has 0 bridgehead atoms. The van der Waals surface area contributed by atoms with Gasteiger partial charge < -0.3 is 8.83 Å². The van der Waals surface area contributed by atoms with Gasteiger partial charge in [-0.25, -0.2) is 0 Å². The zero-order valence-corrected chi connectivity index (χ0v) is 27.3. The summed E-state index contributed by atoms with van der Waals surface area (Å²) in [6.45, 7) is 8.83. The second kappa shape index (κ2) is 7.79. The van der Waals surface area contributed by atoms with E-state index in [1.165, 1.54) is 94.2 Å². The topological polar surface area (TPSA) is 45.0 Å². The van der Waals surface area contributed by atoms with Gasteiger partial charge in [0.2, 0.25) is 11.4 Å². The second-order valence-electron chi connectivity index (χ2n) is 14.4. The van der Waals surface area contributed by atoms with Gasteiger partial charge in [-0.15, -0.1) is 0 Å². The van der Waals surface area contributed by atoms with Crippen molar-refractivity contribution >= 4 is 101 Å². The smallest absolute Gasteiger partial charge is 0.258 e. The van der Waals surface area contributed by atoms with Crippen LogP contribution >= 0.6 is 0 Å². The molecule has 0 unspecified atom stereocenters. The first-order chi connectivity index (χ1) is 24.0. The molecule has 0 aliphatic carbocycles. The van der Waals surface area contributed by atoms with Crippen LogP contribution in [0.5, 0.6) is 0 Å². The molecule has 0 saturated heterocycles. The third-order valence-corrected chi connectivity index (χ3v) is 11.6. The summed E-state index contributed by atoms with van der Waals surface area (Å²) < 4.78 is 23.6. The van der Waals surface area contributed by atoms with E-state index in [9.17, 15) is 0 Å². The van der Waals surface area contributed by atoms with Crippen molar-refractivity contribution in [2.45, 2.75) is 27.7 Å². The fourth-order valence-corrected chi connectivity index (χ4v) is 10.1. The van der Waals surface area contributed by atoms with Gasteiger partial charge in [0.1, 0.15) is 22.5 Å². The van der Waals surface area contributed by atoms with E-state index in [4.69, 9.17) is 8.83 Å². The molecule has 49 heavy (non-hydrogen) atoms. The quantitative estimate of drug-likeness (QED) is 0.159. The predicted octanol–water partition coefficient (Wildman–Crippen LogP) is 8.26. The Hall–Kier alpha value is -6.08. The van der Waals surface area contributed by atoms with E-state index in [1.54, 1.807) is 0 Å². The Kier molecular flexibility index (Phi) is 3.98. The van der Waals surface area contributed by atoms with Crippen LogP contribution in [0, 0.1) is 27.7 Å². The molecule has 2 aliphatic rings. The standard InChI is InChI=1S/C42H27BN4O2/c1-20-16-22(3)37-28(18-20)46-39-35(32-24-10-5-7-14-30(24)48-41(32)46)43-34-26(44(37)39)12-9-13-27(34)45-38-23(4)17-21(2)19-29(38)47-40(45)36(43)33-25-11-6-8-15-31(25)49-42(33)47/h5-19H,1-4H3. The van der Waals surface area contributed by atoms with Gasteiger partial charge in [-0.1, -0.05) is 54.6 Å². The van der Waals surface area contributed by atoms with Gasteiger partial charge in [0.05, 0.1) is 22.1 Å². The summed E-state index contributed by atoms with van der Waals surface area (Å²) in [7, 11) is 0. The molecule has 0 amide bonds. The molecule has 6 nitrogen and oxygen atoms in total. The lowest BCUT2D eigenvalue weighted by molar-refractivity contribution is 0.651. The van der Waals surface area contributed by atoms with E-state index in [-0.39, 0.29) is 6.71 Å². The normalized spacial score (nSPS) is 13.7. The number of aromatic nitrogens is 4. The van der Waals surface area contributed by atoms with E-state index >= 15 is 0 Å². The number of fused-ring (bicyclic) bond motifs is 20. The molecular formula is C42H27BN4O2. The lowest BCUT2D eigenvalue weighted by Crippen LogP contribution is -2.59. The first-order valence-corrected chi connectivity index (χ1v) is 17.1. The molecule has 6 aromatic heterocycles. The molecule has 13 rings (SSSR count). The van der Waals surface area contributed by atoms with Crippen molar-refractivity contribution in [3.63, 3.8) is 0 Å².